The smallest absolute Gasteiger partial charge is 0.410 e. The summed E-state index contributed by atoms with van der Waals surface area (Å²) in [6.45, 7) is 7.08. The number of amides is 4. The van der Waals surface area contributed by atoms with Crippen molar-refractivity contribution in [1.29, 1.82) is 0 Å². The van der Waals surface area contributed by atoms with Gasteiger partial charge in [-0.1, -0.05) is 77.9 Å². The molecule has 14 heteroatoms. The van der Waals surface area contributed by atoms with E-state index >= 15 is 0 Å². The van der Waals surface area contributed by atoms with E-state index in [0.717, 1.165) is 84.1 Å². The number of aromatic nitrogens is 2. The lowest BCUT2D eigenvalue weighted by Gasteiger charge is -2.23. The highest BCUT2D eigenvalue weighted by molar-refractivity contribution is 7.17. The Morgan fingerprint density at radius 2 is 1.46 bits per heavy atom. The number of nitrogens with one attached hydrogen (secondary N) is 3. The number of carbonyl (C=O) groups is 5. The molecule has 0 spiro atoms. The standard InChI is InChI=1S/C15H12N4OS.C14H18N2O2.C12H15NO2.CH2O/c1-16-12-5-2-11(3-6-12)4-7-13-8-19-9-14(17-10-20)18-15(19)21-13;1-11(17)15-13(12-7-3-2-4-8-12)14(18)16-9-5-6-10-16;14-12(13-8-4-5-9-13)15-10-11-6-2-1-3-7-11;1-2/h2-3,5-6,8-10,16H,1H3,(H,17,20);2-4,7-8,13H,5-6,9-10H2,1H3,(H,15,17);1-3,6-7H,4-5,8-10H2;1H2. The Morgan fingerprint density at radius 1 is 0.857 bits per heavy atom. The number of likely N-dealkylation sites (tertiary alicyclic amines) is 2. The molecule has 7 rings (SSSR count). The van der Waals surface area contributed by atoms with Crippen LogP contribution in [0.4, 0.5) is 16.3 Å². The molecule has 1 atom stereocenters. The molecule has 2 aliphatic rings. The SMILES string of the molecule is C=O.CC(=O)NC(C(=O)N1CCCC1)c1ccccc1.CNc1ccc(C#Cc2cn3cc(NC=O)nc3s2)cc1.O=C(OCc1ccccc1)N1CCCC1. The summed E-state index contributed by atoms with van der Waals surface area (Å²) in [5, 5.41) is 8.34. The van der Waals surface area contributed by atoms with Gasteiger partial charge in [0.1, 0.15) is 19.4 Å². The molecule has 3 N–H and O–H groups in total. The largest absolute Gasteiger partial charge is 0.445 e. The Balaban J connectivity index is 0.000000185. The van der Waals surface area contributed by atoms with Crippen molar-refractivity contribution < 1.29 is 28.7 Å². The van der Waals surface area contributed by atoms with Gasteiger partial charge in [0.05, 0.1) is 11.1 Å². The van der Waals surface area contributed by atoms with Gasteiger partial charge in [0.25, 0.3) is 0 Å². The van der Waals surface area contributed by atoms with Crippen molar-refractivity contribution >= 4 is 58.9 Å². The zero-order valence-electron chi connectivity index (χ0n) is 31.6. The monoisotopic (exact) mass is 777 g/mol. The highest BCUT2D eigenvalue weighted by Gasteiger charge is 2.28. The van der Waals surface area contributed by atoms with Gasteiger partial charge in [-0.05, 0) is 67.0 Å². The normalized spacial score (nSPS) is 13.2. The van der Waals surface area contributed by atoms with Crippen LogP contribution in [-0.2, 0) is 30.5 Å². The Hall–Kier alpha value is -6.46. The fourth-order valence-corrected chi connectivity index (χ4v) is 6.62. The molecule has 2 saturated heterocycles. The van der Waals surface area contributed by atoms with E-state index in [4.69, 9.17) is 9.53 Å². The maximum Gasteiger partial charge on any atom is 0.410 e. The van der Waals surface area contributed by atoms with Crippen LogP contribution in [0.3, 0.4) is 0 Å². The molecule has 0 bridgehead atoms. The number of ether oxygens (including phenoxy) is 1. The van der Waals surface area contributed by atoms with Crippen molar-refractivity contribution in [3.8, 4) is 11.8 Å². The maximum absolute atomic E-state index is 12.4. The molecule has 1 unspecified atom stereocenters. The van der Waals surface area contributed by atoms with Gasteiger partial charge >= 0.3 is 6.09 Å². The number of rotatable bonds is 8. The van der Waals surface area contributed by atoms with E-state index in [-0.39, 0.29) is 17.9 Å². The zero-order valence-corrected chi connectivity index (χ0v) is 32.4. The second-order valence-corrected chi connectivity index (χ2v) is 13.6. The van der Waals surface area contributed by atoms with E-state index in [2.05, 4.69) is 32.8 Å². The molecule has 4 heterocycles. The molecule has 2 aliphatic heterocycles. The van der Waals surface area contributed by atoms with Crippen LogP contribution < -0.4 is 16.0 Å². The molecule has 2 fully saturated rings. The van der Waals surface area contributed by atoms with Crippen molar-refractivity contribution in [2.24, 2.45) is 0 Å². The number of hydrogen-bond donors (Lipinski definition) is 3. The Morgan fingerprint density at radius 3 is 2.04 bits per heavy atom. The van der Waals surface area contributed by atoms with Crippen LogP contribution in [0.1, 0.15) is 60.2 Å². The molecule has 5 aromatic rings. The first-order chi connectivity index (χ1) is 27.3. The fourth-order valence-electron chi connectivity index (χ4n) is 5.80. The van der Waals surface area contributed by atoms with Crippen molar-refractivity contribution in [3.05, 3.63) is 119 Å². The third kappa shape index (κ3) is 13.1. The summed E-state index contributed by atoms with van der Waals surface area (Å²) in [6.07, 6.45) is 8.38. The van der Waals surface area contributed by atoms with Crippen molar-refractivity contribution in [2.45, 2.75) is 45.3 Å². The summed E-state index contributed by atoms with van der Waals surface area (Å²) in [5.74, 6) is 6.60. The third-order valence-electron chi connectivity index (χ3n) is 8.58. The number of carbonyl (C=O) groups excluding carboxylic acids is 5. The van der Waals surface area contributed by atoms with Gasteiger partial charge in [0, 0.05) is 57.6 Å². The molecule has 56 heavy (non-hydrogen) atoms. The van der Waals surface area contributed by atoms with Gasteiger partial charge in [-0.25, -0.2) is 9.78 Å². The maximum atomic E-state index is 12.4. The second-order valence-electron chi connectivity index (χ2n) is 12.6. The second kappa shape index (κ2) is 22.7. The average molecular weight is 778 g/mol. The number of benzene rings is 3. The predicted octanol–water partition coefficient (Wildman–Crippen LogP) is 6.13. The molecule has 3 aromatic carbocycles. The number of nitrogens with zero attached hydrogens (tertiary/aromatic N) is 4. The molecule has 0 aliphatic carbocycles. The van der Waals surface area contributed by atoms with Gasteiger partial charge in [-0.2, -0.15) is 0 Å². The van der Waals surface area contributed by atoms with E-state index < -0.39 is 6.04 Å². The van der Waals surface area contributed by atoms with Crippen LogP contribution in [0.5, 0.6) is 0 Å². The van der Waals surface area contributed by atoms with E-state index in [1.165, 1.54) is 18.3 Å². The lowest BCUT2D eigenvalue weighted by atomic mass is 10.1. The van der Waals surface area contributed by atoms with E-state index in [1.807, 2.05) is 114 Å². The lowest BCUT2D eigenvalue weighted by Crippen LogP contribution is -2.41. The van der Waals surface area contributed by atoms with Crippen LogP contribution >= 0.6 is 11.3 Å². The van der Waals surface area contributed by atoms with Gasteiger partial charge in [-0.15, -0.1) is 0 Å². The number of fused-ring (bicyclic) bond motifs is 1. The van der Waals surface area contributed by atoms with Gasteiger partial charge in [0.2, 0.25) is 18.2 Å². The fraction of sp³-hybridized carbons (Fsp3) is 0.286. The summed E-state index contributed by atoms with van der Waals surface area (Å²) in [5.41, 5.74) is 3.89. The van der Waals surface area contributed by atoms with E-state index in [9.17, 15) is 19.2 Å². The molecule has 0 saturated carbocycles. The Bertz CT molecular complexity index is 2020. The molecule has 292 valence electrons. The van der Waals surface area contributed by atoms with Gasteiger partial charge in [-0.3, -0.25) is 18.8 Å². The third-order valence-corrected chi connectivity index (χ3v) is 9.49. The number of imidazole rings is 1. The van der Waals surface area contributed by atoms with Crippen molar-refractivity contribution in [2.75, 3.05) is 43.9 Å². The van der Waals surface area contributed by atoms with Crippen LogP contribution in [0, 0.1) is 11.8 Å². The summed E-state index contributed by atoms with van der Waals surface area (Å²) < 4.78 is 7.05. The summed E-state index contributed by atoms with van der Waals surface area (Å²) >= 11 is 1.48. The highest BCUT2D eigenvalue weighted by Crippen LogP contribution is 2.20. The molecule has 0 radical (unpaired) electrons. The first-order valence-corrected chi connectivity index (χ1v) is 19.0. The van der Waals surface area contributed by atoms with Crippen LogP contribution in [0.15, 0.2) is 97.3 Å². The first-order valence-electron chi connectivity index (χ1n) is 18.2. The molecule has 4 amide bonds. The molecule has 13 nitrogen and oxygen atoms in total. The Labute approximate surface area is 331 Å². The molecular formula is C42H47N7O6S. The van der Waals surface area contributed by atoms with Crippen LogP contribution in [0.2, 0.25) is 0 Å². The molecule has 2 aromatic heterocycles. The predicted molar refractivity (Wildman–Crippen MR) is 218 cm³/mol. The lowest BCUT2D eigenvalue weighted by molar-refractivity contribution is -0.135. The average Bonchev–Trinajstić information content (AvgIpc) is 4.08. The number of hydrogen-bond acceptors (Lipinski definition) is 9. The highest BCUT2D eigenvalue weighted by atomic mass is 32.1. The van der Waals surface area contributed by atoms with Crippen LogP contribution in [-0.4, -0.2) is 83.5 Å². The minimum absolute atomic E-state index is 0.00565. The van der Waals surface area contributed by atoms with Gasteiger partial charge in [0.15, 0.2) is 10.8 Å². The number of thiazole rings is 1. The molecular weight excluding hydrogens is 731 g/mol. The summed E-state index contributed by atoms with van der Waals surface area (Å²) in [7, 11) is 1.88. The number of anilines is 2. The topological polar surface area (TPSA) is 154 Å². The Kier molecular flexibility index (Phi) is 17.1. The van der Waals surface area contributed by atoms with E-state index in [0.29, 0.717) is 18.8 Å². The van der Waals surface area contributed by atoms with Crippen molar-refractivity contribution in [1.82, 2.24) is 24.5 Å². The quantitative estimate of drug-likeness (QED) is 0.126. The zero-order chi connectivity index (χ0) is 40.1. The van der Waals surface area contributed by atoms with Gasteiger partial charge < -0.3 is 35.3 Å². The first kappa shape index (κ1) is 42.3. The summed E-state index contributed by atoms with van der Waals surface area (Å²) in [4.78, 5) is 63.1. The van der Waals surface area contributed by atoms with Crippen molar-refractivity contribution in [3.63, 3.8) is 0 Å². The summed E-state index contributed by atoms with van der Waals surface area (Å²) in [6, 6.07) is 26.5. The minimum atomic E-state index is -0.554. The minimum Gasteiger partial charge on any atom is -0.445 e. The van der Waals surface area contributed by atoms with E-state index in [1.54, 1.807) is 11.1 Å². The van der Waals surface area contributed by atoms with Crippen LogP contribution in [0.25, 0.3) is 4.96 Å².